The Morgan fingerprint density at radius 3 is 2.44 bits per heavy atom. The summed E-state index contributed by atoms with van der Waals surface area (Å²) < 4.78 is 15.7. The SMILES string of the molecule is CNC1CN(S(=O)c2ccc(Cl)cc2Cl)C(CN(C)C(C)C)N(C(C=O)Cc2cccc(Cl)c2)C1=O. The van der Waals surface area contributed by atoms with Gasteiger partial charge in [-0.2, -0.15) is 4.31 Å². The minimum Gasteiger partial charge on any atom is -0.313 e. The van der Waals surface area contributed by atoms with E-state index in [9.17, 15) is 13.8 Å². The van der Waals surface area contributed by atoms with Gasteiger partial charge in [0.2, 0.25) is 5.91 Å². The lowest BCUT2D eigenvalue weighted by Crippen LogP contribution is -2.70. The van der Waals surface area contributed by atoms with Crippen molar-refractivity contribution in [2.45, 2.75) is 49.5 Å². The van der Waals surface area contributed by atoms with E-state index in [0.29, 0.717) is 21.5 Å². The van der Waals surface area contributed by atoms with Crippen LogP contribution in [0.1, 0.15) is 19.4 Å². The normalized spacial score (nSPS) is 20.7. The van der Waals surface area contributed by atoms with E-state index in [0.717, 1.165) is 11.8 Å². The summed E-state index contributed by atoms with van der Waals surface area (Å²) in [4.78, 5) is 30.1. The van der Waals surface area contributed by atoms with Gasteiger partial charge in [0.1, 0.15) is 29.5 Å². The molecular formula is C25H31Cl3N4O3S. The predicted molar refractivity (Wildman–Crippen MR) is 146 cm³/mol. The summed E-state index contributed by atoms with van der Waals surface area (Å²) in [6.07, 6.45) is 0.391. The van der Waals surface area contributed by atoms with E-state index in [4.69, 9.17) is 34.8 Å². The first-order valence-corrected chi connectivity index (χ1v) is 13.8. The molecule has 1 amide bonds. The van der Waals surface area contributed by atoms with Crippen LogP contribution in [0.2, 0.25) is 15.1 Å². The lowest BCUT2D eigenvalue weighted by atomic mass is 10.0. The number of carbonyl (C=O) groups is 2. The molecule has 4 unspecified atom stereocenters. The van der Waals surface area contributed by atoms with Crippen LogP contribution in [0, 0.1) is 0 Å². The highest BCUT2D eigenvalue weighted by atomic mass is 35.5. The molecule has 1 heterocycles. The predicted octanol–water partition coefficient (Wildman–Crippen LogP) is 3.88. The van der Waals surface area contributed by atoms with Crippen LogP contribution in [0.5, 0.6) is 0 Å². The quantitative estimate of drug-likeness (QED) is 0.437. The van der Waals surface area contributed by atoms with Gasteiger partial charge in [-0.05, 0) is 70.3 Å². The Labute approximate surface area is 230 Å². The smallest absolute Gasteiger partial charge is 0.243 e. The molecule has 0 aromatic heterocycles. The largest absolute Gasteiger partial charge is 0.313 e. The van der Waals surface area contributed by atoms with E-state index in [1.165, 1.54) is 0 Å². The minimum absolute atomic E-state index is 0.154. The molecule has 2 aromatic carbocycles. The van der Waals surface area contributed by atoms with Crippen LogP contribution in [0.25, 0.3) is 0 Å². The molecule has 1 saturated heterocycles. The van der Waals surface area contributed by atoms with E-state index in [1.54, 1.807) is 46.6 Å². The highest BCUT2D eigenvalue weighted by Crippen LogP contribution is 2.30. The van der Waals surface area contributed by atoms with Crippen LogP contribution in [0.4, 0.5) is 0 Å². The number of benzene rings is 2. The molecule has 1 fully saturated rings. The number of carbonyl (C=O) groups excluding carboxylic acids is 2. The van der Waals surface area contributed by atoms with Crippen molar-refractivity contribution in [3.63, 3.8) is 0 Å². The fraction of sp³-hybridized carbons (Fsp3) is 0.440. The van der Waals surface area contributed by atoms with Gasteiger partial charge >= 0.3 is 0 Å². The van der Waals surface area contributed by atoms with Crippen molar-refractivity contribution < 1.29 is 13.8 Å². The molecule has 0 bridgehead atoms. The second-order valence-corrected chi connectivity index (χ2v) is 11.7. The molecule has 0 radical (unpaired) electrons. The fourth-order valence-corrected chi connectivity index (χ4v) is 6.29. The number of nitrogens with zero attached hydrogens (tertiary/aromatic N) is 3. The Bertz CT molecular complexity index is 1120. The maximum atomic E-state index is 13.9. The Kier molecular flexibility index (Phi) is 10.3. The number of hydrogen-bond donors (Lipinski definition) is 1. The lowest BCUT2D eigenvalue weighted by molar-refractivity contribution is -0.150. The molecular weight excluding hydrogens is 543 g/mol. The van der Waals surface area contributed by atoms with E-state index >= 15 is 0 Å². The van der Waals surface area contributed by atoms with Gasteiger partial charge in [-0.15, -0.1) is 0 Å². The average Bonchev–Trinajstić information content (AvgIpc) is 2.83. The number of rotatable bonds is 10. The van der Waals surface area contributed by atoms with Gasteiger partial charge in [0.05, 0.1) is 16.0 Å². The molecule has 4 atom stereocenters. The molecule has 7 nitrogen and oxygen atoms in total. The Hall–Kier alpha value is -1.52. The maximum absolute atomic E-state index is 13.9. The topological polar surface area (TPSA) is 73.0 Å². The van der Waals surface area contributed by atoms with Crippen molar-refractivity contribution >= 4 is 58.0 Å². The van der Waals surface area contributed by atoms with Crippen LogP contribution in [0.3, 0.4) is 0 Å². The standard InChI is InChI=1S/C25H31Cl3N4O3S/c1-16(2)30(4)14-24-31(36(35)23-9-8-19(27)12-21(23)28)13-22(29-3)25(34)32(24)20(15-33)11-17-6-5-7-18(26)10-17/h5-10,12,15-16,20,22,24,29H,11,13-14H2,1-4H3. The lowest BCUT2D eigenvalue weighted by Gasteiger charge is -2.49. The van der Waals surface area contributed by atoms with E-state index < -0.39 is 29.2 Å². The van der Waals surface area contributed by atoms with Crippen LogP contribution in [-0.2, 0) is 27.0 Å². The zero-order chi connectivity index (χ0) is 26.6. The third kappa shape index (κ3) is 6.67. The first kappa shape index (κ1) is 29.0. The van der Waals surface area contributed by atoms with Crippen molar-refractivity contribution in [1.29, 1.82) is 0 Å². The average molecular weight is 574 g/mol. The molecule has 3 rings (SSSR count). The number of aldehydes is 1. The van der Waals surface area contributed by atoms with Crippen molar-refractivity contribution in [3.05, 3.63) is 63.1 Å². The molecule has 36 heavy (non-hydrogen) atoms. The van der Waals surface area contributed by atoms with Crippen molar-refractivity contribution in [1.82, 2.24) is 19.4 Å². The number of nitrogens with one attached hydrogen (secondary N) is 1. The summed E-state index contributed by atoms with van der Waals surface area (Å²) in [5.41, 5.74) is 0.823. The second-order valence-electron chi connectivity index (χ2n) is 9.06. The molecule has 1 N–H and O–H groups in total. The molecule has 1 aliphatic rings. The van der Waals surface area contributed by atoms with Gasteiger partial charge in [-0.25, -0.2) is 4.21 Å². The summed E-state index contributed by atoms with van der Waals surface area (Å²) >= 11 is 18.6. The molecule has 11 heteroatoms. The summed E-state index contributed by atoms with van der Waals surface area (Å²) in [6, 6.07) is 10.7. The number of halogens is 3. The first-order valence-electron chi connectivity index (χ1n) is 11.6. The molecule has 1 aliphatic heterocycles. The van der Waals surface area contributed by atoms with Crippen LogP contribution in [0.15, 0.2) is 47.4 Å². The Morgan fingerprint density at radius 2 is 1.86 bits per heavy atom. The molecule has 0 spiro atoms. The van der Waals surface area contributed by atoms with Gasteiger partial charge in [0.15, 0.2) is 0 Å². The van der Waals surface area contributed by atoms with Crippen LogP contribution >= 0.6 is 34.8 Å². The summed E-state index contributed by atoms with van der Waals surface area (Å²) in [5.74, 6) is -0.228. The summed E-state index contributed by atoms with van der Waals surface area (Å²) in [6.45, 7) is 4.62. The summed E-state index contributed by atoms with van der Waals surface area (Å²) in [5, 5.41) is 4.27. The molecule has 196 valence electrons. The monoisotopic (exact) mass is 572 g/mol. The third-order valence-corrected chi connectivity index (χ3v) is 8.84. The first-order chi connectivity index (χ1) is 17.1. The molecule has 0 saturated carbocycles. The summed E-state index contributed by atoms with van der Waals surface area (Å²) in [7, 11) is 1.87. The van der Waals surface area contributed by atoms with Crippen LogP contribution in [-0.4, -0.2) is 82.0 Å². The molecule has 2 aromatic rings. The number of hydrogen-bond acceptors (Lipinski definition) is 5. The van der Waals surface area contributed by atoms with Crippen molar-refractivity contribution in [2.75, 3.05) is 27.2 Å². The fourth-order valence-electron chi connectivity index (χ4n) is 4.13. The number of amides is 1. The zero-order valence-electron chi connectivity index (χ0n) is 20.7. The molecule has 0 aliphatic carbocycles. The third-order valence-electron chi connectivity index (χ3n) is 6.39. The highest BCUT2D eigenvalue weighted by Gasteiger charge is 2.46. The van der Waals surface area contributed by atoms with Gasteiger partial charge in [-0.3, -0.25) is 4.79 Å². The van der Waals surface area contributed by atoms with Crippen molar-refractivity contribution in [2.24, 2.45) is 0 Å². The van der Waals surface area contributed by atoms with Crippen molar-refractivity contribution in [3.8, 4) is 0 Å². The van der Waals surface area contributed by atoms with Gasteiger partial charge in [-0.1, -0.05) is 46.9 Å². The second kappa shape index (κ2) is 12.8. The Balaban J connectivity index is 2.08. The van der Waals surface area contributed by atoms with E-state index in [-0.39, 0.29) is 29.9 Å². The van der Waals surface area contributed by atoms with E-state index in [2.05, 4.69) is 10.2 Å². The zero-order valence-corrected chi connectivity index (χ0v) is 23.7. The highest BCUT2D eigenvalue weighted by molar-refractivity contribution is 7.82. The maximum Gasteiger partial charge on any atom is 0.243 e. The minimum atomic E-state index is -1.73. The van der Waals surface area contributed by atoms with E-state index in [1.807, 2.05) is 33.0 Å². The van der Waals surface area contributed by atoms with Gasteiger partial charge < -0.3 is 19.9 Å². The number of likely N-dealkylation sites (N-methyl/N-ethyl adjacent to an activating group) is 2. The Morgan fingerprint density at radius 1 is 1.17 bits per heavy atom. The van der Waals surface area contributed by atoms with Gasteiger partial charge in [0.25, 0.3) is 0 Å². The van der Waals surface area contributed by atoms with Gasteiger partial charge in [0, 0.05) is 29.2 Å². The van der Waals surface area contributed by atoms with Crippen LogP contribution < -0.4 is 5.32 Å².